The van der Waals surface area contributed by atoms with E-state index in [4.69, 9.17) is 11.2 Å². The van der Waals surface area contributed by atoms with Gasteiger partial charge >= 0.3 is 6.87 Å². The van der Waals surface area contributed by atoms with Gasteiger partial charge in [0.25, 0.3) is 0 Å². The molecule has 5 heteroatoms. The fourth-order valence-corrected chi connectivity index (χ4v) is 1.72. The minimum atomic E-state index is -3.02. The first-order chi connectivity index (χ1) is 4.52. The van der Waals surface area contributed by atoms with Crippen molar-refractivity contribution in [2.45, 2.75) is 26.3 Å². The maximum Gasteiger partial charge on any atom is 0.360 e. The molecule has 0 aliphatic carbocycles. The molecular weight excluding hydrogens is 172 g/mol. The van der Waals surface area contributed by atoms with Crippen molar-refractivity contribution in [2.24, 2.45) is 0 Å². The highest BCUT2D eigenvalue weighted by atomic mass is 35.7. The molecule has 10 heavy (non-hydrogen) atoms. The van der Waals surface area contributed by atoms with Gasteiger partial charge in [0.05, 0.1) is 0 Å². The predicted molar refractivity (Wildman–Crippen MR) is 43.4 cm³/mol. The first-order valence-electron chi connectivity index (χ1n) is 3.15. The Bertz CT molecular complexity index is 142. The van der Waals surface area contributed by atoms with E-state index in [1.54, 1.807) is 0 Å². The smallest absolute Gasteiger partial charge is 0.310 e. The van der Waals surface area contributed by atoms with Crippen molar-refractivity contribution in [1.29, 1.82) is 0 Å². The summed E-state index contributed by atoms with van der Waals surface area (Å²) >= 11 is 5.42. The molecule has 2 atom stereocenters. The summed E-state index contributed by atoms with van der Waals surface area (Å²) in [6.07, 6.45) is 0.875. The fraction of sp³-hybridized carbons (Fsp3) is 1.00. The van der Waals surface area contributed by atoms with Crippen LogP contribution in [0, 0.1) is 0 Å². The van der Waals surface area contributed by atoms with Gasteiger partial charge in [0.1, 0.15) is 0 Å². The van der Waals surface area contributed by atoms with Crippen LogP contribution in [0.1, 0.15) is 20.3 Å². The van der Waals surface area contributed by atoms with Gasteiger partial charge in [0.2, 0.25) is 0 Å². The summed E-state index contributed by atoms with van der Waals surface area (Å²) in [5.41, 5.74) is 0. The minimum absolute atomic E-state index is 0.128. The summed E-state index contributed by atoms with van der Waals surface area (Å²) in [5, 5.41) is 2.65. The second kappa shape index (κ2) is 4.35. The van der Waals surface area contributed by atoms with Gasteiger partial charge in [-0.15, -0.1) is 0 Å². The molecule has 0 spiro atoms. The van der Waals surface area contributed by atoms with E-state index in [2.05, 4.69) is 9.61 Å². The third kappa shape index (κ3) is 4.29. The fourth-order valence-electron chi connectivity index (χ4n) is 0.407. The van der Waals surface area contributed by atoms with E-state index in [1.807, 2.05) is 13.8 Å². The van der Waals surface area contributed by atoms with Crippen LogP contribution in [0.4, 0.5) is 0 Å². The van der Waals surface area contributed by atoms with Crippen LogP contribution < -0.4 is 5.09 Å². The zero-order valence-corrected chi connectivity index (χ0v) is 8.08. The molecule has 0 radical (unpaired) electrons. The molecule has 0 aromatic rings. The average molecular weight is 186 g/mol. The van der Waals surface area contributed by atoms with E-state index in [0.717, 1.165) is 6.42 Å². The summed E-state index contributed by atoms with van der Waals surface area (Å²) in [4.78, 5) is 0. The summed E-state index contributed by atoms with van der Waals surface area (Å²) in [6.45, 7) is 0.849. The zero-order valence-electron chi connectivity index (χ0n) is 6.43. The van der Waals surface area contributed by atoms with Crippen LogP contribution >= 0.6 is 18.1 Å². The van der Waals surface area contributed by atoms with Crippen molar-refractivity contribution in [2.75, 3.05) is 7.11 Å². The Morgan fingerprint density at radius 2 is 2.30 bits per heavy atom. The van der Waals surface area contributed by atoms with Crippen LogP contribution in [-0.2, 0) is 9.09 Å². The Hall–Kier alpha value is 0.440. The van der Waals surface area contributed by atoms with Crippen LogP contribution in [0.25, 0.3) is 0 Å². The van der Waals surface area contributed by atoms with Crippen LogP contribution in [0.5, 0.6) is 0 Å². The topological polar surface area (TPSA) is 38.3 Å². The molecule has 0 saturated heterocycles. The lowest BCUT2D eigenvalue weighted by Crippen LogP contribution is -2.20. The number of hydrogen-bond acceptors (Lipinski definition) is 2. The van der Waals surface area contributed by atoms with Crippen molar-refractivity contribution >= 4 is 18.1 Å². The molecule has 0 aromatic heterocycles. The number of halogens is 1. The van der Waals surface area contributed by atoms with Crippen molar-refractivity contribution in [1.82, 2.24) is 5.09 Å². The van der Waals surface area contributed by atoms with E-state index in [0.29, 0.717) is 0 Å². The molecule has 0 aliphatic rings. The van der Waals surface area contributed by atoms with E-state index in [9.17, 15) is 4.57 Å². The first-order valence-corrected chi connectivity index (χ1v) is 5.68. The Morgan fingerprint density at radius 1 is 1.80 bits per heavy atom. The second-order valence-electron chi connectivity index (χ2n) is 2.10. The monoisotopic (exact) mass is 185 g/mol. The van der Waals surface area contributed by atoms with Crippen molar-refractivity contribution in [3.05, 3.63) is 0 Å². The first kappa shape index (κ1) is 10.4. The van der Waals surface area contributed by atoms with Gasteiger partial charge in [0, 0.05) is 13.2 Å². The molecule has 62 valence electrons. The highest BCUT2D eigenvalue weighted by Gasteiger charge is 2.18. The molecule has 0 amide bonds. The molecule has 2 unspecified atom stereocenters. The summed E-state index contributed by atoms with van der Waals surface area (Å²) in [7, 11) is 1.32. The van der Waals surface area contributed by atoms with Crippen molar-refractivity contribution in [3.8, 4) is 0 Å². The molecule has 0 rings (SSSR count). The number of hydrogen-bond donors (Lipinski definition) is 1. The predicted octanol–water partition coefficient (Wildman–Crippen LogP) is 2.37. The van der Waals surface area contributed by atoms with Gasteiger partial charge in [0.15, 0.2) is 0 Å². The highest BCUT2D eigenvalue weighted by Crippen LogP contribution is 2.47. The molecule has 1 N–H and O–H groups in total. The lowest BCUT2D eigenvalue weighted by Gasteiger charge is -2.14. The SMILES string of the molecule is CCC(C)NP(=O)(Cl)OC. The van der Waals surface area contributed by atoms with Crippen LogP contribution in [0.3, 0.4) is 0 Å². The molecule has 0 bridgehead atoms. The van der Waals surface area contributed by atoms with Gasteiger partial charge in [-0.1, -0.05) is 6.92 Å². The maximum atomic E-state index is 11.0. The Kier molecular flexibility index (Phi) is 4.54. The van der Waals surface area contributed by atoms with E-state index in [-0.39, 0.29) is 6.04 Å². The van der Waals surface area contributed by atoms with Crippen molar-refractivity contribution < 1.29 is 9.09 Å². The summed E-state index contributed by atoms with van der Waals surface area (Å²) < 4.78 is 15.5. The van der Waals surface area contributed by atoms with Gasteiger partial charge in [-0.3, -0.25) is 4.57 Å². The van der Waals surface area contributed by atoms with Gasteiger partial charge in [-0.25, -0.2) is 5.09 Å². The van der Waals surface area contributed by atoms with E-state index >= 15 is 0 Å². The molecule has 0 aromatic carbocycles. The average Bonchev–Trinajstić information content (AvgIpc) is 1.87. The van der Waals surface area contributed by atoms with Crippen LogP contribution in [0.15, 0.2) is 0 Å². The number of nitrogens with one attached hydrogen (secondary N) is 1. The van der Waals surface area contributed by atoms with E-state index in [1.165, 1.54) is 7.11 Å². The molecule has 0 fully saturated rings. The van der Waals surface area contributed by atoms with Crippen molar-refractivity contribution in [3.63, 3.8) is 0 Å². The highest BCUT2D eigenvalue weighted by molar-refractivity contribution is 7.83. The number of rotatable bonds is 4. The van der Waals surface area contributed by atoms with Gasteiger partial charge in [-0.05, 0) is 24.6 Å². The quantitative estimate of drug-likeness (QED) is 0.684. The molecule has 0 aliphatic heterocycles. The third-order valence-corrected chi connectivity index (χ3v) is 3.15. The van der Waals surface area contributed by atoms with Gasteiger partial charge in [-0.2, -0.15) is 0 Å². The Balaban J connectivity index is 3.77. The molecule has 3 nitrogen and oxygen atoms in total. The maximum absolute atomic E-state index is 11.0. The minimum Gasteiger partial charge on any atom is -0.310 e. The molecule has 0 saturated carbocycles. The van der Waals surface area contributed by atoms with Gasteiger partial charge < -0.3 is 4.52 Å². The molecule has 0 heterocycles. The Labute approximate surface area is 66.4 Å². The van der Waals surface area contributed by atoms with Crippen LogP contribution in [0.2, 0.25) is 0 Å². The largest absolute Gasteiger partial charge is 0.360 e. The second-order valence-corrected chi connectivity index (χ2v) is 5.02. The molecular formula is C5H13ClNO2P. The summed E-state index contributed by atoms with van der Waals surface area (Å²) in [5.74, 6) is 0. The Morgan fingerprint density at radius 3 is 2.60 bits per heavy atom. The third-order valence-electron chi connectivity index (χ3n) is 1.22. The lowest BCUT2D eigenvalue weighted by atomic mass is 10.3. The lowest BCUT2D eigenvalue weighted by molar-refractivity contribution is 0.390. The summed E-state index contributed by atoms with van der Waals surface area (Å²) in [6, 6.07) is 0.128. The zero-order chi connectivity index (χ0) is 8.20. The van der Waals surface area contributed by atoms with Crippen LogP contribution in [-0.4, -0.2) is 13.2 Å². The van der Waals surface area contributed by atoms with E-state index < -0.39 is 6.87 Å². The normalized spacial score (nSPS) is 20.0. The standard InChI is InChI=1S/C5H13ClNO2P/c1-4-5(2)7-10(6,8)9-3/h5H,4H2,1-3H3,(H,7,8).